The Balaban J connectivity index is 1.53. The summed E-state index contributed by atoms with van der Waals surface area (Å²) in [6, 6.07) is 12.4. The number of hydrogen-bond donors (Lipinski definition) is 4. The Labute approximate surface area is 158 Å². The minimum atomic E-state index is -0.550. The molecule has 2 aromatic heterocycles. The SMILES string of the molecule is Cc1ccc(F)c(NC(=O)Nc2ccc(-c3cc(=O)[nH]c4[nH]ncc34)cc2)c1. The predicted molar refractivity (Wildman–Crippen MR) is 106 cm³/mol. The van der Waals surface area contributed by atoms with Gasteiger partial charge in [-0.1, -0.05) is 18.2 Å². The Morgan fingerprint density at radius 1 is 1.07 bits per heavy atom. The van der Waals surface area contributed by atoms with Gasteiger partial charge in [-0.15, -0.1) is 0 Å². The van der Waals surface area contributed by atoms with E-state index in [1.165, 1.54) is 12.1 Å². The van der Waals surface area contributed by atoms with Crippen LogP contribution in [0.1, 0.15) is 5.56 Å². The second-order valence-corrected chi connectivity index (χ2v) is 6.35. The number of anilines is 2. The van der Waals surface area contributed by atoms with E-state index in [4.69, 9.17) is 0 Å². The number of amides is 2. The molecule has 7 nitrogen and oxygen atoms in total. The van der Waals surface area contributed by atoms with Crippen molar-refractivity contribution in [3.8, 4) is 11.1 Å². The maximum absolute atomic E-state index is 13.8. The third-order valence-electron chi connectivity index (χ3n) is 4.28. The number of aromatic nitrogens is 3. The number of aromatic amines is 2. The average molecular weight is 377 g/mol. The number of carbonyl (C=O) groups excluding carboxylic acids is 1. The zero-order valence-corrected chi connectivity index (χ0v) is 14.8. The molecule has 0 aliphatic rings. The predicted octanol–water partition coefficient (Wildman–Crippen LogP) is 4.01. The van der Waals surface area contributed by atoms with Gasteiger partial charge in [-0.3, -0.25) is 9.89 Å². The molecule has 4 rings (SSSR count). The summed E-state index contributed by atoms with van der Waals surface area (Å²) in [4.78, 5) is 26.6. The summed E-state index contributed by atoms with van der Waals surface area (Å²) in [7, 11) is 0. The fourth-order valence-corrected chi connectivity index (χ4v) is 2.95. The van der Waals surface area contributed by atoms with E-state index in [0.717, 1.165) is 22.1 Å². The third kappa shape index (κ3) is 3.48. The van der Waals surface area contributed by atoms with Crippen LogP contribution in [0.5, 0.6) is 0 Å². The molecule has 0 aliphatic carbocycles. The van der Waals surface area contributed by atoms with Gasteiger partial charge in [0.2, 0.25) is 5.56 Å². The summed E-state index contributed by atoms with van der Waals surface area (Å²) in [5.41, 5.74) is 3.31. The van der Waals surface area contributed by atoms with Crippen LogP contribution >= 0.6 is 0 Å². The number of H-pyrrole nitrogens is 2. The average Bonchev–Trinajstić information content (AvgIpc) is 3.13. The molecule has 2 aromatic carbocycles. The molecule has 0 saturated carbocycles. The number of benzene rings is 2. The maximum atomic E-state index is 13.8. The van der Waals surface area contributed by atoms with E-state index in [1.807, 2.05) is 6.92 Å². The van der Waals surface area contributed by atoms with E-state index in [0.29, 0.717) is 11.3 Å². The van der Waals surface area contributed by atoms with E-state index >= 15 is 0 Å². The molecule has 4 N–H and O–H groups in total. The van der Waals surface area contributed by atoms with E-state index in [9.17, 15) is 14.0 Å². The van der Waals surface area contributed by atoms with Gasteiger partial charge in [0, 0.05) is 17.1 Å². The number of pyridine rings is 1. The highest BCUT2D eigenvalue weighted by atomic mass is 19.1. The Hall–Kier alpha value is -3.94. The van der Waals surface area contributed by atoms with Crippen LogP contribution in [-0.4, -0.2) is 21.2 Å². The van der Waals surface area contributed by atoms with Crippen molar-refractivity contribution in [2.45, 2.75) is 6.92 Å². The number of nitrogens with zero attached hydrogens (tertiary/aromatic N) is 1. The summed E-state index contributed by atoms with van der Waals surface area (Å²) in [6.45, 7) is 1.81. The van der Waals surface area contributed by atoms with Crippen LogP contribution in [0.3, 0.4) is 0 Å². The highest BCUT2D eigenvalue weighted by Crippen LogP contribution is 2.26. The second-order valence-electron chi connectivity index (χ2n) is 6.35. The molecule has 140 valence electrons. The number of rotatable bonds is 3. The van der Waals surface area contributed by atoms with Crippen molar-refractivity contribution in [1.29, 1.82) is 0 Å². The van der Waals surface area contributed by atoms with E-state index < -0.39 is 11.8 Å². The molecule has 4 aromatic rings. The third-order valence-corrected chi connectivity index (χ3v) is 4.28. The zero-order valence-electron chi connectivity index (χ0n) is 14.8. The van der Waals surface area contributed by atoms with Crippen LogP contribution < -0.4 is 16.2 Å². The van der Waals surface area contributed by atoms with E-state index in [-0.39, 0.29) is 11.2 Å². The molecule has 0 bridgehead atoms. The van der Waals surface area contributed by atoms with Crippen LogP contribution in [0.4, 0.5) is 20.6 Å². The summed E-state index contributed by atoms with van der Waals surface area (Å²) >= 11 is 0. The number of fused-ring (bicyclic) bond motifs is 1. The number of halogens is 1. The minimum absolute atomic E-state index is 0.111. The number of carbonyl (C=O) groups is 1. The van der Waals surface area contributed by atoms with Crippen molar-refractivity contribution in [2.75, 3.05) is 10.6 Å². The fraction of sp³-hybridized carbons (Fsp3) is 0.0500. The lowest BCUT2D eigenvalue weighted by atomic mass is 10.0. The van der Waals surface area contributed by atoms with E-state index in [2.05, 4.69) is 25.8 Å². The first kappa shape index (κ1) is 17.5. The van der Waals surface area contributed by atoms with Gasteiger partial charge in [0.1, 0.15) is 11.5 Å². The number of urea groups is 1. The van der Waals surface area contributed by atoms with Gasteiger partial charge in [-0.05, 0) is 47.9 Å². The quantitative estimate of drug-likeness (QED) is 0.434. The first-order valence-corrected chi connectivity index (χ1v) is 8.50. The Morgan fingerprint density at radius 2 is 1.86 bits per heavy atom. The first-order chi connectivity index (χ1) is 13.5. The normalized spacial score (nSPS) is 10.8. The van der Waals surface area contributed by atoms with Crippen molar-refractivity contribution in [1.82, 2.24) is 15.2 Å². The lowest BCUT2D eigenvalue weighted by molar-refractivity contribution is 0.262. The molecular formula is C20H16FN5O2. The molecular weight excluding hydrogens is 361 g/mol. The first-order valence-electron chi connectivity index (χ1n) is 8.50. The molecule has 0 unspecified atom stereocenters. The minimum Gasteiger partial charge on any atom is -0.308 e. The lowest BCUT2D eigenvalue weighted by Gasteiger charge is -2.10. The van der Waals surface area contributed by atoms with Gasteiger partial charge in [0.05, 0.1) is 11.9 Å². The van der Waals surface area contributed by atoms with Crippen LogP contribution in [0.15, 0.2) is 59.5 Å². The van der Waals surface area contributed by atoms with Crippen molar-refractivity contribution >= 4 is 28.4 Å². The second kappa shape index (κ2) is 6.99. The van der Waals surface area contributed by atoms with Crippen molar-refractivity contribution in [3.05, 3.63) is 76.5 Å². The van der Waals surface area contributed by atoms with Gasteiger partial charge in [0.25, 0.3) is 0 Å². The summed E-state index contributed by atoms with van der Waals surface area (Å²) in [6.07, 6.45) is 1.64. The Kier molecular flexibility index (Phi) is 4.36. The Morgan fingerprint density at radius 3 is 2.64 bits per heavy atom. The molecule has 0 saturated heterocycles. The smallest absolute Gasteiger partial charge is 0.308 e. The van der Waals surface area contributed by atoms with Gasteiger partial charge in [0.15, 0.2) is 0 Å². The van der Waals surface area contributed by atoms with Crippen LogP contribution in [0.25, 0.3) is 22.2 Å². The molecule has 2 heterocycles. The summed E-state index contributed by atoms with van der Waals surface area (Å²) < 4.78 is 13.8. The molecule has 0 fully saturated rings. The summed E-state index contributed by atoms with van der Waals surface area (Å²) in [5, 5.41) is 12.6. The number of aryl methyl sites for hydroxylation is 1. The van der Waals surface area contributed by atoms with Gasteiger partial charge < -0.3 is 15.6 Å². The van der Waals surface area contributed by atoms with Crippen LogP contribution in [0, 0.1) is 12.7 Å². The molecule has 0 aliphatic heterocycles. The highest BCUT2D eigenvalue weighted by molar-refractivity contribution is 6.00. The van der Waals surface area contributed by atoms with Crippen LogP contribution in [0.2, 0.25) is 0 Å². The van der Waals surface area contributed by atoms with Gasteiger partial charge >= 0.3 is 6.03 Å². The topological polar surface area (TPSA) is 103 Å². The number of nitrogens with one attached hydrogen (secondary N) is 4. The van der Waals surface area contributed by atoms with Crippen molar-refractivity contribution in [3.63, 3.8) is 0 Å². The Bertz CT molecular complexity index is 1230. The van der Waals surface area contributed by atoms with Crippen LogP contribution in [-0.2, 0) is 0 Å². The fourth-order valence-electron chi connectivity index (χ4n) is 2.95. The monoisotopic (exact) mass is 377 g/mol. The van der Waals surface area contributed by atoms with Crippen molar-refractivity contribution in [2.24, 2.45) is 0 Å². The molecule has 0 spiro atoms. The summed E-state index contributed by atoms with van der Waals surface area (Å²) in [5.74, 6) is -0.505. The lowest BCUT2D eigenvalue weighted by Crippen LogP contribution is -2.20. The number of hydrogen-bond acceptors (Lipinski definition) is 3. The van der Waals surface area contributed by atoms with Gasteiger partial charge in [-0.2, -0.15) is 5.10 Å². The molecule has 28 heavy (non-hydrogen) atoms. The van der Waals surface area contributed by atoms with E-state index in [1.54, 1.807) is 42.6 Å². The largest absolute Gasteiger partial charge is 0.323 e. The van der Waals surface area contributed by atoms with Gasteiger partial charge in [-0.25, -0.2) is 9.18 Å². The maximum Gasteiger partial charge on any atom is 0.323 e. The van der Waals surface area contributed by atoms with Crippen molar-refractivity contribution < 1.29 is 9.18 Å². The molecule has 8 heteroatoms. The zero-order chi connectivity index (χ0) is 19.7. The standard InChI is InChI=1S/C20H16FN5O2/c1-11-2-7-16(21)17(8-11)24-20(28)23-13-5-3-12(4-6-13)14-9-18(27)25-19-15(14)10-22-26-19/h2-10H,1H3,(H2,23,24,28)(H2,22,25,26,27). The molecule has 2 amide bonds. The molecule has 0 radical (unpaired) electrons. The molecule has 0 atom stereocenters. The highest BCUT2D eigenvalue weighted by Gasteiger charge is 2.10.